The van der Waals surface area contributed by atoms with Crippen molar-refractivity contribution < 1.29 is 37.0 Å². The number of hydrogen-bond acceptors (Lipinski definition) is 7. The SMILES string of the molecule is CCOC(=O)c1cc(OC(F)(F)F)c(CN2CCC(NC(=O)OC(C)(C)C)C2)c(Br)c1N. The summed E-state index contributed by atoms with van der Waals surface area (Å²) in [4.78, 5) is 25.9. The van der Waals surface area contributed by atoms with E-state index in [1.807, 2.05) is 4.90 Å². The van der Waals surface area contributed by atoms with Crippen LogP contribution in [0.4, 0.5) is 23.7 Å². The summed E-state index contributed by atoms with van der Waals surface area (Å²) >= 11 is 3.21. The Bertz CT molecular complexity index is 858. The Morgan fingerprint density at radius 1 is 1.31 bits per heavy atom. The predicted octanol–water partition coefficient (Wildman–Crippen LogP) is 4.21. The Kier molecular flexibility index (Phi) is 8.27. The first-order valence-corrected chi connectivity index (χ1v) is 10.7. The number of nitrogens with one attached hydrogen (secondary N) is 1. The van der Waals surface area contributed by atoms with Crippen LogP contribution in [0, 0.1) is 0 Å². The average Bonchev–Trinajstić information content (AvgIpc) is 3.05. The summed E-state index contributed by atoms with van der Waals surface area (Å²) < 4.78 is 53.5. The van der Waals surface area contributed by atoms with Crippen LogP contribution in [0.2, 0.25) is 0 Å². The van der Waals surface area contributed by atoms with E-state index in [0.717, 1.165) is 6.07 Å². The van der Waals surface area contributed by atoms with Crippen molar-refractivity contribution in [2.45, 2.75) is 58.7 Å². The average molecular weight is 526 g/mol. The molecule has 0 bridgehead atoms. The van der Waals surface area contributed by atoms with E-state index in [9.17, 15) is 22.8 Å². The number of anilines is 1. The van der Waals surface area contributed by atoms with Gasteiger partial charge in [0.2, 0.25) is 0 Å². The maximum absolute atomic E-state index is 13.0. The van der Waals surface area contributed by atoms with Gasteiger partial charge in [0.25, 0.3) is 0 Å². The zero-order valence-electron chi connectivity index (χ0n) is 18.3. The van der Waals surface area contributed by atoms with Crippen LogP contribution in [0.3, 0.4) is 0 Å². The van der Waals surface area contributed by atoms with E-state index in [0.29, 0.717) is 19.5 Å². The molecule has 0 spiro atoms. The van der Waals surface area contributed by atoms with Crippen molar-refractivity contribution in [3.05, 3.63) is 21.7 Å². The lowest BCUT2D eigenvalue weighted by molar-refractivity contribution is -0.275. The highest BCUT2D eigenvalue weighted by Crippen LogP contribution is 2.39. The molecule has 1 aromatic carbocycles. The zero-order valence-corrected chi connectivity index (χ0v) is 19.9. The number of nitrogen functional groups attached to an aromatic ring is 1. The molecule has 12 heteroatoms. The molecule has 1 heterocycles. The summed E-state index contributed by atoms with van der Waals surface area (Å²) in [5.74, 6) is -1.41. The largest absolute Gasteiger partial charge is 0.573 e. The first kappa shape index (κ1) is 26.0. The summed E-state index contributed by atoms with van der Waals surface area (Å²) in [6, 6.07) is 0.708. The maximum atomic E-state index is 13.0. The molecular formula is C20H27BrF3N3O5. The lowest BCUT2D eigenvalue weighted by atomic mass is 10.1. The van der Waals surface area contributed by atoms with Crippen LogP contribution in [0.5, 0.6) is 5.75 Å². The molecule has 0 saturated carbocycles. The van der Waals surface area contributed by atoms with Crippen molar-refractivity contribution in [1.29, 1.82) is 0 Å². The molecule has 1 atom stereocenters. The Labute approximate surface area is 192 Å². The summed E-state index contributed by atoms with van der Waals surface area (Å²) in [6.45, 7) is 7.79. The number of ether oxygens (including phenoxy) is 3. The fraction of sp³-hybridized carbons (Fsp3) is 0.600. The highest BCUT2D eigenvalue weighted by Gasteiger charge is 2.35. The van der Waals surface area contributed by atoms with Gasteiger partial charge >= 0.3 is 18.4 Å². The number of hydrogen-bond donors (Lipinski definition) is 2. The number of alkyl halides is 3. The number of halogens is 4. The molecule has 8 nitrogen and oxygen atoms in total. The molecule has 0 radical (unpaired) electrons. The van der Waals surface area contributed by atoms with Crippen LogP contribution < -0.4 is 15.8 Å². The highest BCUT2D eigenvalue weighted by molar-refractivity contribution is 9.10. The second-order valence-electron chi connectivity index (χ2n) is 8.26. The third kappa shape index (κ3) is 7.44. The van der Waals surface area contributed by atoms with Gasteiger partial charge in [0.15, 0.2) is 0 Å². The van der Waals surface area contributed by atoms with Crippen molar-refractivity contribution in [2.24, 2.45) is 0 Å². The second-order valence-corrected chi connectivity index (χ2v) is 9.06. The van der Waals surface area contributed by atoms with Crippen molar-refractivity contribution in [1.82, 2.24) is 10.2 Å². The normalized spacial score (nSPS) is 17.2. The molecule has 2 rings (SSSR count). The Hall–Kier alpha value is -2.21. The van der Waals surface area contributed by atoms with Crippen LogP contribution >= 0.6 is 15.9 Å². The van der Waals surface area contributed by atoms with E-state index in [1.165, 1.54) is 0 Å². The standard InChI is InChI=1S/C20H27BrF3N3O5/c1-5-30-17(28)12-8-14(31-20(22,23)24)13(15(21)16(12)25)10-27-7-6-11(9-27)26-18(29)32-19(2,3)4/h8,11H,5-7,9-10,25H2,1-4H3,(H,26,29). The number of rotatable bonds is 6. The Morgan fingerprint density at radius 2 is 1.97 bits per heavy atom. The molecule has 1 aliphatic rings. The minimum Gasteiger partial charge on any atom is -0.462 e. The predicted molar refractivity (Wildman–Crippen MR) is 114 cm³/mol. The molecule has 1 aromatic rings. The molecule has 3 N–H and O–H groups in total. The molecule has 1 saturated heterocycles. The highest BCUT2D eigenvalue weighted by atomic mass is 79.9. The Balaban J connectivity index is 2.22. The number of likely N-dealkylation sites (tertiary alicyclic amines) is 1. The molecule has 1 amide bonds. The third-order valence-corrected chi connectivity index (χ3v) is 5.37. The van der Waals surface area contributed by atoms with Gasteiger partial charge in [0.1, 0.15) is 11.4 Å². The molecule has 1 unspecified atom stereocenters. The van der Waals surface area contributed by atoms with Gasteiger partial charge < -0.3 is 25.3 Å². The summed E-state index contributed by atoms with van der Waals surface area (Å²) in [7, 11) is 0. The van der Waals surface area contributed by atoms with E-state index in [2.05, 4.69) is 26.0 Å². The lowest BCUT2D eigenvalue weighted by Crippen LogP contribution is -2.40. The van der Waals surface area contributed by atoms with E-state index in [-0.39, 0.29) is 40.5 Å². The number of alkyl carbamates (subject to hydrolysis) is 1. The molecule has 0 aromatic heterocycles. The maximum Gasteiger partial charge on any atom is 0.573 e. The van der Waals surface area contributed by atoms with Crippen LogP contribution in [-0.4, -0.2) is 54.7 Å². The molecule has 180 valence electrons. The molecule has 1 aliphatic heterocycles. The van der Waals surface area contributed by atoms with Gasteiger partial charge in [-0.25, -0.2) is 9.59 Å². The smallest absolute Gasteiger partial charge is 0.462 e. The van der Waals surface area contributed by atoms with E-state index in [4.69, 9.17) is 15.2 Å². The van der Waals surface area contributed by atoms with Gasteiger partial charge in [-0.15, -0.1) is 13.2 Å². The lowest BCUT2D eigenvalue weighted by Gasteiger charge is -2.23. The second kappa shape index (κ2) is 10.2. The molecule has 0 aliphatic carbocycles. The van der Waals surface area contributed by atoms with Crippen LogP contribution in [0.1, 0.15) is 50.0 Å². The Morgan fingerprint density at radius 3 is 2.53 bits per heavy atom. The summed E-state index contributed by atoms with van der Waals surface area (Å²) in [6.07, 6.45) is -4.94. The van der Waals surface area contributed by atoms with E-state index in [1.54, 1.807) is 27.7 Å². The van der Waals surface area contributed by atoms with E-state index >= 15 is 0 Å². The zero-order chi connectivity index (χ0) is 24.3. The number of amides is 1. The topological polar surface area (TPSA) is 103 Å². The van der Waals surface area contributed by atoms with Crippen molar-refractivity contribution in [3.8, 4) is 5.75 Å². The van der Waals surface area contributed by atoms with Crippen LogP contribution in [-0.2, 0) is 16.0 Å². The monoisotopic (exact) mass is 525 g/mol. The number of esters is 1. The fourth-order valence-corrected chi connectivity index (χ4v) is 3.75. The minimum atomic E-state index is -4.97. The summed E-state index contributed by atoms with van der Waals surface area (Å²) in [5, 5.41) is 2.76. The first-order valence-electron chi connectivity index (χ1n) is 9.95. The molecular weight excluding hydrogens is 499 g/mol. The van der Waals surface area contributed by atoms with Crippen LogP contribution in [0.15, 0.2) is 10.5 Å². The van der Waals surface area contributed by atoms with Crippen molar-refractivity contribution in [3.63, 3.8) is 0 Å². The van der Waals surface area contributed by atoms with Crippen molar-refractivity contribution in [2.75, 3.05) is 25.4 Å². The number of nitrogens with zero attached hydrogens (tertiary/aromatic N) is 1. The van der Waals surface area contributed by atoms with Gasteiger partial charge in [0.05, 0.1) is 17.9 Å². The molecule has 32 heavy (non-hydrogen) atoms. The van der Waals surface area contributed by atoms with Crippen molar-refractivity contribution >= 4 is 33.7 Å². The number of carbonyl (C=O) groups excluding carboxylic acids is 2. The fourth-order valence-electron chi connectivity index (χ4n) is 3.22. The molecule has 1 fully saturated rings. The quantitative estimate of drug-likeness (QED) is 0.423. The van der Waals surface area contributed by atoms with Gasteiger partial charge in [-0.3, -0.25) is 4.90 Å². The van der Waals surface area contributed by atoms with Gasteiger partial charge in [-0.2, -0.15) is 0 Å². The van der Waals surface area contributed by atoms with Gasteiger partial charge in [-0.1, -0.05) is 0 Å². The third-order valence-electron chi connectivity index (χ3n) is 4.46. The van der Waals surface area contributed by atoms with Gasteiger partial charge in [-0.05, 0) is 56.1 Å². The van der Waals surface area contributed by atoms with Crippen LogP contribution in [0.25, 0.3) is 0 Å². The van der Waals surface area contributed by atoms with E-state index < -0.39 is 29.8 Å². The number of carbonyl (C=O) groups is 2. The number of benzene rings is 1. The minimum absolute atomic E-state index is 0.0346. The number of nitrogens with two attached hydrogens (primary N) is 1. The first-order chi connectivity index (χ1) is 14.7. The summed E-state index contributed by atoms with van der Waals surface area (Å²) in [5.41, 5.74) is 5.21. The van der Waals surface area contributed by atoms with Gasteiger partial charge in [0, 0.05) is 35.7 Å².